The summed E-state index contributed by atoms with van der Waals surface area (Å²) in [5.74, 6) is 2.68. The molecule has 154 valence electrons. The minimum Gasteiger partial charge on any atom is -0.497 e. The van der Waals surface area contributed by atoms with E-state index in [4.69, 9.17) is 14.2 Å². The molecule has 0 aliphatic carbocycles. The van der Waals surface area contributed by atoms with Crippen LogP contribution >= 0.6 is 0 Å². The molecule has 0 atom stereocenters. The van der Waals surface area contributed by atoms with Crippen LogP contribution in [0.4, 0.5) is 0 Å². The number of benzene rings is 2. The Labute approximate surface area is 172 Å². The number of fused-ring (bicyclic) bond motifs is 1. The standard InChI is InChI=1S/C23H28N2O4/c1-27-20-6-2-19(3-7-20)17-24-10-12-25(13-11-24)23(26)9-5-18-4-8-21-22(16-18)29-15-14-28-21/h2-4,6-8,16H,5,9-15,17H2,1H3. The van der Waals surface area contributed by atoms with Crippen LogP contribution in [0.1, 0.15) is 17.5 Å². The van der Waals surface area contributed by atoms with Gasteiger partial charge in [0.05, 0.1) is 7.11 Å². The first kappa shape index (κ1) is 19.6. The molecular formula is C23H28N2O4. The molecule has 1 fully saturated rings. The third-order valence-electron chi connectivity index (χ3n) is 5.52. The van der Waals surface area contributed by atoms with Crippen molar-refractivity contribution in [3.05, 3.63) is 53.6 Å². The molecule has 2 aromatic rings. The van der Waals surface area contributed by atoms with Crippen molar-refractivity contribution in [2.75, 3.05) is 46.5 Å². The highest BCUT2D eigenvalue weighted by Crippen LogP contribution is 2.31. The number of nitrogens with zero attached hydrogens (tertiary/aromatic N) is 2. The quantitative estimate of drug-likeness (QED) is 0.752. The predicted octanol–water partition coefficient (Wildman–Crippen LogP) is 2.74. The molecule has 0 N–H and O–H groups in total. The lowest BCUT2D eigenvalue weighted by atomic mass is 10.1. The lowest BCUT2D eigenvalue weighted by Gasteiger charge is -2.35. The fourth-order valence-corrected chi connectivity index (χ4v) is 3.80. The number of carbonyl (C=O) groups is 1. The Balaban J connectivity index is 1.22. The van der Waals surface area contributed by atoms with Gasteiger partial charge in [0, 0.05) is 39.1 Å². The van der Waals surface area contributed by atoms with Crippen molar-refractivity contribution in [1.29, 1.82) is 0 Å². The average Bonchev–Trinajstić information content (AvgIpc) is 2.78. The van der Waals surface area contributed by atoms with E-state index in [0.717, 1.165) is 62.0 Å². The van der Waals surface area contributed by atoms with E-state index in [1.165, 1.54) is 5.56 Å². The molecule has 2 aliphatic rings. The maximum atomic E-state index is 12.6. The number of hydrogen-bond donors (Lipinski definition) is 0. The van der Waals surface area contributed by atoms with Crippen LogP contribution in [0, 0.1) is 0 Å². The van der Waals surface area contributed by atoms with Crippen molar-refractivity contribution in [2.24, 2.45) is 0 Å². The zero-order valence-corrected chi connectivity index (χ0v) is 16.9. The van der Waals surface area contributed by atoms with Gasteiger partial charge >= 0.3 is 0 Å². The summed E-state index contributed by atoms with van der Waals surface area (Å²) in [6, 6.07) is 14.1. The fraction of sp³-hybridized carbons (Fsp3) is 0.435. The summed E-state index contributed by atoms with van der Waals surface area (Å²) >= 11 is 0. The van der Waals surface area contributed by atoms with Crippen LogP contribution in [0.15, 0.2) is 42.5 Å². The monoisotopic (exact) mass is 396 g/mol. The second kappa shape index (κ2) is 9.18. The van der Waals surface area contributed by atoms with E-state index in [0.29, 0.717) is 19.6 Å². The van der Waals surface area contributed by atoms with Gasteiger partial charge in [-0.1, -0.05) is 18.2 Å². The van der Waals surface area contributed by atoms with Gasteiger partial charge < -0.3 is 19.1 Å². The number of ether oxygens (including phenoxy) is 3. The normalized spacial score (nSPS) is 16.5. The number of amides is 1. The molecule has 2 heterocycles. The molecule has 0 bridgehead atoms. The third-order valence-corrected chi connectivity index (χ3v) is 5.52. The molecule has 1 amide bonds. The van der Waals surface area contributed by atoms with Gasteiger partial charge in [0.25, 0.3) is 0 Å². The Kier molecular flexibility index (Phi) is 6.20. The molecule has 29 heavy (non-hydrogen) atoms. The van der Waals surface area contributed by atoms with Crippen LogP contribution in [0.5, 0.6) is 17.2 Å². The summed E-state index contributed by atoms with van der Waals surface area (Å²) in [4.78, 5) is 17.0. The van der Waals surface area contributed by atoms with Crippen molar-refractivity contribution in [2.45, 2.75) is 19.4 Å². The third kappa shape index (κ3) is 5.01. The first-order chi connectivity index (χ1) is 14.2. The number of piperazine rings is 1. The topological polar surface area (TPSA) is 51.2 Å². The number of carbonyl (C=O) groups excluding carboxylic acids is 1. The van der Waals surface area contributed by atoms with Gasteiger partial charge in [-0.2, -0.15) is 0 Å². The van der Waals surface area contributed by atoms with Crippen LogP contribution in [0.2, 0.25) is 0 Å². The number of hydrogen-bond acceptors (Lipinski definition) is 5. The van der Waals surface area contributed by atoms with Gasteiger partial charge in [-0.05, 0) is 41.8 Å². The largest absolute Gasteiger partial charge is 0.497 e. The second-order valence-corrected chi connectivity index (χ2v) is 7.48. The molecule has 0 aromatic heterocycles. The van der Waals surface area contributed by atoms with E-state index in [-0.39, 0.29) is 5.91 Å². The SMILES string of the molecule is COc1ccc(CN2CCN(C(=O)CCc3ccc4c(c3)OCCO4)CC2)cc1. The summed E-state index contributed by atoms with van der Waals surface area (Å²) in [6.45, 7) is 5.46. The minimum atomic E-state index is 0.226. The molecule has 2 aliphatic heterocycles. The molecule has 6 heteroatoms. The van der Waals surface area contributed by atoms with E-state index in [1.807, 2.05) is 35.2 Å². The zero-order chi connectivity index (χ0) is 20.1. The Hall–Kier alpha value is -2.73. The predicted molar refractivity (Wildman–Crippen MR) is 111 cm³/mol. The summed E-state index contributed by atoms with van der Waals surface area (Å²) < 4.78 is 16.4. The lowest BCUT2D eigenvalue weighted by molar-refractivity contribution is -0.133. The van der Waals surface area contributed by atoms with Crippen LogP contribution in [-0.4, -0.2) is 62.2 Å². The molecule has 6 nitrogen and oxygen atoms in total. The molecule has 4 rings (SSSR count). The number of rotatable bonds is 6. The van der Waals surface area contributed by atoms with Crippen LogP contribution in [0.25, 0.3) is 0 Å². The summed E-state index contributed by atoms with van der Waals surface area (Å²) in [5.41, 5.74) is 2.38. The Morgan fingerprint density at radius 1 is 0.931 bits per heavy atom. The van der Waals surface area contributed by atoms with Crippen molar-refractivity contribution in [3.8, 4) is 17.2 Å². The van der Waals surface area contributed by atoms with Gasteiger partial charge in [0.2, 0.25) is 5.91 Å². The Bertz CT molecular complexity index is 829. The Morgan fingerprint density at radius 2 is 1.62 bits per heavy atom. The molecule has 0 spiro atoms. The summed E-state index contributed by atoms with van der Waals surface area (Å²) in [6.07, 6.45) is 1.25. The van der Waals surface area contributed by atoms with E-state index in [2.05, 4.69) is 17.0 Å². The van der Waals surface area contributed by atoms with Gasteiger partial charge in [0.15, 0.2) is 11.5 Å². The Morgan fingerprint density at radius 3 is 2.34 bits per heavy atom. The fourth-order valence-electron chi connectivity index (χ4n) is 3.80. The molecule has 1 saturated heterocycles. The van der Waals surface area contributed by atoms with E-state index >= 15 is 0 Å². The summed E-state index contributed by atoms with van der Waals surface area (Å²) in [5, 5.41) is 0. The van der Waals surface area contributed by atoms with E-state index in [9.17, 15) is 4.79 Å². The van der Waals surface area contributed by atoms with Gasteiger partial charge in [-0.15, -0.1) is 0 Å². The van der Waals surface area contributed by atoms with Crippen molar-refractivity contribution in [3.63, 3.8) is 0 Å². The molecule has 0 radical (unpaired) electrons. The van der Waals surface area contributed by atoms with E-state index in [1.54, 1.807) is 7.11 Å². The first-order valence-corrected chi connectivity index (χ1v) is 10.2. The van der Waals surface area contributed by atoms with Gasteiger partial charge in [-0.3, -0.25) is 9.69 Å². The number of aryl methyl sites for hydroxylation is 1. The minimum absolute atomic E-state index is 0.226. The van der Waals surface area contributed by atoms with Gasteiger partial charge in [-0.25, -0.2) is 0 Å². The van der Waals surface area contributed by atoms with Crippen molar-refractivity contribution in [1.82, 2.24) is 9.80 Å². The van der Waals surface area contributed by atoms with E-state index < -0.39 is 0 Å². The average molecular weight is 396 g/mol. The van der Waals surface area contributed by atoms with Crippen LogP contribution < -0.4 is 14.2 Å². The van der Waals surface area contributed by atoms with Crippen LogP contribution in [0.3, 0.4) is 0 Å². The van der Waals surface area contributed by atoms with Gasteiger partial charge in [0.1, 0.15) is 19.0 Å². The maximum absolute atomic E-state index is 12.6. The molecule has 0 saturated carbocycles. The maximum Gasteiger partial charge on any atom is 0.222 e. The lowest BCUT2D eigenvalue weighted by Crippen LogP contribution is -2.48. The second-order valence-electron chi connectivity index (χ2n) is 7.48. The summed E-state index contributed by atoms with van der Waals surface area (Å²) in [7, 11) is 1.68. The van der Waals surface area contributed by atoms with Crippen molar-refractivity contribution >= 4 is 5.91 Å². The highest BCUT2D eigenvalue weighted by molar-refractivity contribution is 5.76. The van der Waals surface area contributed by atoms with Crippen molar-refractivity contribution < 1.29 is 19.0 Å². The highest BCUT2D eigenvalue weighted by atomic mass is 16.6. The first-order valence-electron chi connectivity index (χ1n) is 10.2. The zero-order valence-electron chi connectivity index (χ0n) is 16.9. The highest BCUT2D eigenvalue weighted by Gasteiger charge is 2.21. The molecule has 0 unspecified atom stereocenters. The molecule has 2 aromatic carbocycles. The smallest absolute Gasteiger partial charge is 0.222 e. The molecular weight excluding hydrogens is 368 g/mol. The number of methoxy groups -OCH3 is 1. The van der Waals surface area contributed by atoms with Crippen LogP contribution in [-0.2, 0) is 17.8 Å².